The molecule has 8 heteroatoms. The molecule has 2 heterocycles. The largest absolute Gasteiger partial charge is 0.454 e. The molecule has 2 aliphatic rings. The molecule has 2 aromatic rings. The second-order valence-electron chi connectivity index (χ2n) is 7.75. The van der Waals surface area contributed by atoms with Crippen LogP contribution < -0.4 is 20.5 Å². The quantitative estimate of drug-likeness (QED) is 0.384. The molecule has 31 heavy (non-hydrogen) atoms. The molecule has 0 bridgehead atoms. The summed E-state index contributed by atoms with van der Waals surface area (Å²) >= 11 is 0. The predicted octanol–water partition coefficient (Wildman–Crippen LogP) is 2.35. The van der Waals surface area contributed by atoms with Crippen molar-refractivity contribution in [2.45, 2.75) is 32.4 Å². The van der Waals surface area contributed by atoms with Crippen molar-refractivity contribution < 1.29 is 19.1 Å². The Morgan fingerprint density at radius 2 is 1.90 bits per heavy atom. The number of benzene rings is 2. The highest BCUT2D eigenvalue weighted by Crippen LogP contribution is 2.32. The number of oxime groups is 1. The van der Waals surface area contributed by atoms with Crippen molar-refractivity contribution >= 4 is 11.7 Å². The molecule has 0 spiro atoms. The van der Waals surface area contributed by atoms with Crippen LogP contribution in [0.3, 0.4) is 0 Å². The van der Waals surface area contributed by atoms with Gasteiger partial charge in [-0.05, 0) is 55.3 Å². The van der Waals surface area contributed by atoms with Gasteiger partial charge in [-0.3, -0.25) is 9.69 Å². The molecule has 0 radical (unpaired) electrons. The van der Waals surface area contributed by atoms with Gasteiger partial charge in [0.05, 0.1) is 0 Å². The standard InChI is InChI=1S/C23H28N4O4/c24-23(19-6-4-5-18(11-19)14-27-9-2-1-3-10-27)26-31-15-22(28)25-13-17-7-8-20-21(12-17)30-16-29-20/h4-8,11-12H,1-3,9-10,13-16H2,(H2,24,26)(H,25,28). The zero-order valence-electron chi connectivity index (χ0n) is 17.5. The number of nitrogens with one attached hydrogen (secondary N) is 1. The number of fused-ring (bicyclic) bond motifs is 1. The van der Waals surface area contributed by atoms with E-state index in [1.165, 1.54) is 24.8 Å². The molecule has 0 unspecified atom stereocenters. The van der Waals surface area contributed by atoms with Gasteiger partial charge < -0.3 is 25.4 Å². The molecule has 1 fully saturated rings. The monoisotopic (exact) mass is 424 g/mol. The van der Waals surface area contributed by atoms with Gasteiger partial charge in [-0.1, -0.05) is 35.8 Å². The minimum atomic E-state index is -0.284. The lowest BCUT2D eigenvalue weighted by molar-refractivity contribution is -0.125. The van der Waals surface area contributed by atoms with Crippen LogP contribution in [-0.4, -0.2) is 43.1 Å². The third kappa shape index (κ3) is 5.88. The summed E-state index contributed by atoms with van der Waals surface area (Å²) in [5, 5.41) is 6.69. The summed E-state index contributed by atoms with van der Waals surface area (Å²) in [7, 11) is 0. The number of amidine groups is 1. The number of hydrogen-bond acceptors (Lipinski definition) is 6. The van der Waals surface area contributed by atoms with Crippen molar-refractivity contribution in [1.29, 1.82) is 0 Å². The second-order valence-corrected chi connectivity index (χ2v) is 7.75. The third-order valence-electron chi connectivity index (χ3n) is 5.36. The first-order chi connectivity index (χ1) is 15.2. The summed E-state index contributed by atoms with van der Waals surface area (Å²) in [6, 6.07) is 13.5. The first-order valence-corrected chi connectivity index (χ1v) is 10.6. The minimum absolute atomic E-state index is 0.210. The highest BCUT2D eigenvalue weighted by molar-refractivity contribution is 5.97. The number of rotatable bonds is 8. The van der Waals surface area contributed by atoms with Gasteiger partial charge in [-0.15, -0.1) is 0 Å². The molecule has 1 saturated heterocycles. The first kappa shape index (κ1) is 21.0. The number of likely N-dealkylation sites (tertiary alicyclic amines) is 1. The van der Waals surface area contributed by atoms with E-state index in [1.807, 2.05) is 36.4 Å². The van der Waals surface area contributed by atoms with Crippen LogP contribution in [0.1, 0.15) is 36.0 Å². The Bertz CT molecular complexity index is 941. The lowest BCUT2D eigenvalue weighted by Gasteiger charge is -2.26. The molecule has 2 aliphatic heterocycles. The number of nitrogens with zero attached hydrogens (tertiary/aromatic N) is 2. The molecule has 3 N–H and O–H groups in total. The van der Waals surface area contributed by atoms with Gasteiger partial charge in [0.25, 0.3) is 5.91 Å². The van der Waals surface area contributed by atoms with Gasteiger partial charge in [-0.2, -0.15) is 0 Å². The Morgan fingerprint density at radius 1 is 1.06 bits per heavy atom. The van der Waals surface area contributed by atoms with E-state index in [0.717, 1.165) is 30.8 Å². The number of carbonyl (C=O) groups is 1. The predicted molar refractivity (Wildman–Crippen MR) is 117 cm³/mol. The van der Waals surface area contributed by atoms with Gasteiger partial charge in [-0.25, -0.2) is 0 Å². The molecule has 4 rings (SSSR count). The number of piperidine rings is 1. The lowest BCUT2D eigenvalue weighted by atomic mass is 10.1. The zero-order valence-corrected chi connectivity index (χ0v) is 17.5. The Hall–Kier alpha value is -3.26. The smallest absolute Gasteiger partial charge is 0.261 e. The zero-order chi connectivity index (χ0) is 21.5. The van der Waals surface area contributed by atoms with Crippen molar-refractivity contribution in [3.8, 4) is 11.5 Å². The van der Waals surface area contributed by atoms with Gasteiger partial charge in [0.1, 0.15) is 0 Å². The lowest BCUT2D eigenvalue weighted by Crippen LogP contribution is -2.29. The summed E-state index contributed by atoms with van der Waals surface area (Å²) in [6.07, 6.45) is 3.83. The first-order valence-electron chi connectivity index (χ1n) is 10.6. The topological polar surface area (TPSA) is 98.4 Å². The molecular formula is C23H28N4O4. The van der Waals surface area contributed by atoms with Crippen molar-refractivity contribution in [3.63, 3.8) is 0 Å². The van der Waals surface area contributed by atoms with Crippen LogP contribution in [0.25, 0.3) is 0 Å². The van der Waals surface area contributed by atoms with E-state index in [4.69, 9.17) is 20.0 Å². The van der Waals surface area contributed by atoms with Crippen molar-refractivity contribution in [3.05, 3.63) is 59.2 Å². The van der Waals surface area contributed by atoms with Crippen molar-refractivity contribution in [2.24, 2.45) is 10.9 Å². The van der Waals surface area contributed by atoms with E-state index in [-0.39, 0.29) is 25.1 Å². The number of carbonyl (C=O) groups excluding carboxylic acids is 1. The number of ether oxygens (including phenoxy) is 2. The van der Waals surface area contributed by atoms with Crippen molar-refractivity contribution in [1.82, 2.24) is 10.2 Å². The van der Waals surface area contributed by atoms with Crippen LogP contribution in [0.2, 0.25) is 0 Å². The van der Waals surface area contributed by atoms with Crippen LogP contribution in [0.4, 0.5) is 0 Å². The average Bonchev–Trinajstić information content (AvgIpc) is 3.26. The van der Waals surface area contributed by atoms with Crippen LogP contribution in [0.15, 0.2) is 47.6 Å². The SMILES string of the molecule is N/C(=N/OCC(=O)NCc1ccc2c(c1)OCO2)c1cccc(CN2CCCCC2)c1. The normalized spacial score (nSPS) is 16.2. The van der Waals surface area contributed by atoms with E-state index >= 15 is 0 Å². The highest BCUT2D eigenvalue weighted by atomic mass is 16.7. The van der Waals surface area contributed by atoms with Gasteiger partial charge in [0, 0.05) is 18.7 Å². The van der Waals surface area contributed by atoms with Crippen LogP contribution in [0.5, 0.6) is 11.5 Å². The number of nitrogens with two attached hydrogens (primary N) is 1. The number of amides is 1. The maximum atomic E-state index is 12.0. The summed E-state index contributed by atoms with van der Waals surface area (Å²) in [6.45, 7) is 3.55. The molecule has 8 nitrogen and oxygen atoms in total. The summed E-state index contributed by atoms with van der Waals surface area (Å²) in [4.78, 5) is 19.7. The Kier molecular flexibility index (Phi) is 6.89. The third-order valence-corrected chi connectivity index (χ3v) is 5.36. The minimum Gasteiger partial charge on any atom is -0.454 e. The van der Waals surface area contributed by atoms with Crippen LogP contribution in [-0.2, 0) is 22.7 Å². The molecule has 0 saturated carbocycles. The molecule has 1 amide bonds. The van der Waals surface area contributed by atoms with E-state index < -0.39 is 0 Å². The van der Waals surface area contributed by atoms with E-state index in [9.17, 15) is 4.79 Å². The van der Waals surface area contributed by atoms with Crippen LogP contribution >= 0.6 is 0 Å². The maximum Gasteiger partial charge on any atom is 0.261 e. The molecule has 164 valence electrons. The Labute approximate surface area is 181 Å². The fourth-order valence-corrected chi connectivity index (χ4v) is 3.72. The van der Waals surface area contributed by atoms with E-state index in [1.54, 1.807) is 0 Å². The van der Waals surface area contributed by atoms with E-state index in [2.05, 4.69) is 21.4 Å². The fourth-order valence-electron chi connectivity index (χ4n) is 3.72. The van der Waals surface area contributed by atoms with Crippen LogP contribution in [0, 0.1) is 0 Å². The molecule has 0 atom stereocenters. The highest BCUT2D eigenvalue weighted by Gasteiger charge is 2.14. The Morgan fingerprint density at radius 3 is 2.77 bits per heavy atom. The number of hydrogen-bond donors (Lipinski definition) is 2. The summed E-state index contributed by atoms with van der Waals surface area (Å²) < 4.78 is 10.6. The average molecular weight is 425 g/mol. The van der Waals surface area contributed by atoms with Gasteiger partial charge >= 0.3 is 0 Å². The summed E-state index contributed by atoms with van der Waals surface area (Å²) in [5.41, 5.74) is 8.94. The summed E-state index contributed by atoms with van der Waals surface area (Å²) in [5.74, 6) is 1.36. The fraction of sp³-hybridized carbons (Fsp3) is 0.391. The molecule has 2 aromatic carbocycles. The molecular weight excluding hydrogens is 396 g/mol. The maximum absolute atomic E-state index is 12.0. The van der Waals surface area contributed by atoms with E-state index in [0.29, 0.717) is 18.0 Å². The molecule has 0 aliphatic carbocycles. The van der Waals surface area contributed by atoms with Crippen molar-refractivity contribution in [2.75, 3.05) is 26.5 Å². The van der Waals surface area contributed by atoms with Gasteiger partial charge in [0.2, 0.25) is 6.79 Å². The second kappa shape index (κ2) is 10.2. The Balaban J connectivity index is 1.23. The molecule has 0 aromatic heterocycles. The van der Waals surface area contributed by atoms with Gasteiger partial charge in [0.15, 0.2) is 23.9 Å².